The van der Waals surface area contributed by atoms with Gasteiger partial charge < -0.3 is 9.80 Å². The molecule has 5 heteroatoms. The molecule has 0 spiro atoms. The van der Waals surface area contributed by atoms with Gasteiger partial charge in [-0.2, -0.15) is 0 Å². The van der Waals surface area contributed by atoms with E-state index in [0.717, 1.165) is 17.5 Å². The van der Waals surface area contributed by atoms with Crippen LogP contribution in [0.25, 0.3) is 0 Å². The standard InChI is InChI=1S/C20H23N3O2/c1-15(24)23-11-9-17-7-3-4-8-18(17)19(23)12-20(25)22(2)14-16-6-5-10-21-13-16/h3-8,10,13,19H,9,11-12,14H2,1-2H3/t19-/m1/s1. The minimum absolute atomic E-state index is 0.0159. The number of amides is 2. The van der Waals surface area contributed by atoms with Gasteiger partial charge in [0.05, 0.1) is 12.5 Å². The second kappa shape index (κ2) is 7.47. The third kappa shape index (κ3) is 3.87. The summed E-state index contributed by atoms with van der Waals surface area (Å²) in [5.41, 5.74) is 3.31. The second-order valence-electron chi connectivity index (χ2n) is 6.49. The molecule has 0 fully saturated rings. The molecule has 0 radical (unpaired) electrons. The Bertz CT molecular complexity index is 761. The van der Waals surface area contributed by atoms with Crippen LogP contribution < -0.4 is 0 Å². The third-order valence-electron chi connectivity index (χ3n) is 4.75. The smallest absolute Gasteiger partial charge is 0.225 e. The summed E-state index contributed by atoms with van der Waals surface area (Å²) in [6.07, 6.45) is 4.62. The van der Waals surface area contributed by atoms with Crippen molar-refractivity contribution in [2.75, 3.05) is 13.6 Å². The monoisotopic (exact) mass is 337 g/mol. The van der Waals surface area contributed by atoms with Crippen molar-refractivity contribution in [2.24, 2.45) is 0 Å². The van der Waals surface area contributed by atoms with Gasteiger partial charge in [0.15, 0.2) is 0 Å². The van der Waals surface area contributed by atoms with Crippen LogP contribution in [-0.2, 0) is 22.6 Å². The van der Waals surface area contributed by atoms with Gasteiger partial charge in [-0.05, 0) is 29.2 Å². The average molecular weight is 337 g/mol. The zero-order valence-electron chi connectivity index (χ0n) is 14.7. The van der Waals surface area contributed by atoms with E-state index in [0.29, 0.717) is 19.5 Å². The van der Waals surface area contributed by atoms with Crippen LogP contribution in [0.5, 0.6) is 0 Å². The summed E-state index contributed by atoms with van der Waals surface area (Å²) in [5, 5.41) is 0. The lowest BCUT2D eigenvalue weighted by Crippen LogP contribution is -2.41. The number of hydrogen-bond donors (Lipinski definition) is 0. The Hall–Kier alpha value is -2.69. The highest BCUT2D eigenvalue weighted by Gasteiger charge is 2.31. The van der Waals surface area contributed by atoms with Crippen molar-refractivity contribution in [2.45, 2.75) is 32.4 Å². The van der Waals surface area contributed by atoms with Crippen LogP contribution in [0.3, 0.4) is 0 Å². The number of carbonyl (C=O) groups is 2. The van der Waals surface area contributed by atoms with Gasteiger partial charge in [0.25, 0.3) is 0 Å². The van der Waals surface area contributed by atoms with Crippen LogP contribution in [0.4, 0.5) is 0 Å². The summed E-state index contributed by atoms with van der Waals surface area (Å²) in [6.45, 7) is 2.75. The second-order valence-corrected chi connectivity index (χ2v) is 6.49. The van der Waals surface area contributed by atoms with Gasteiger partial charge in [-0.1, -0.05) is 30.3 Å². The predicted molar refractivity (Wildman–Crippen MR) is 95.6 cm³/mol. The van der Waals surface area contributed by atoms with E-state index in [4.69, 9.17) is 0 Å². The van der Waals surface area contributed by atoms with Crippen LogP contribution in [0.2, 0.25) is 0 Å². The third-order valence-corrected chi connectivity index (χ3v) is 4.75. The fourth-order valence-electron chi connectivity index (χ4n) is 3.42. The van der Waals surface area contributed by atoms with Crippen LogP contribution in [0.15, 0.2) is 48.8 Å². The SMILES string of the molecule is CC(=O)N1CCc2ccccc2[C@H]1CC(=O)N(C)Cc1cccnc1. The van der Waals surface area contributed by atoms with Crippen molar-refractivity contribution in [3.05, 3.63) is 65.5 Å². The lowest BCUT2D eigenvalue weighted by molar-refractivity contribution is -0.136. The molecule has 0 saturated heterocycles. The number of fused-ring (bicyclic) bond motifs is 1. The van der Waals surface area contributed by atoms with Crippen molar-refractivity contribution in [1.82, 2.24) is 14.8 Å². The fourth-order valence-corrected chi connectivity index (χ4v) is 3.42. The van der Waals surface area contributed by atoms with E-state index >= 15 is 0 Å². The normalized spacial score (nSPS) is 16.2. The zero-order valence-corrected chi connectivity index (χ0v) is 14.7. The van der Waals surface area contributed by atoms with Gasteiger partial charge in [-0.15, -0.1) is 0 Å². The molecule has 1 aliphatic rings. The highest BCUT2D eigenvalue weighted by molar-refractivity contribution is 5.79. The summed E-state index contributed by atoms with van der Waals surface area (Å²) in [5.74, 6) is 0.0408. The first-order chi connectivity index (χ1) is 12.1. The molecule has 0 saturated carbocycles. The Kier molecular flexibility index (Phi) is 5.12. The number of rotatable bonds is 4. The number of carbonyl (C=O) groups excluding carboxylic acids is 2. The molecule has 1 aromatic carbocycles. The molecule has 1 aromatic heterocycles. The van der Waals surface area contributed by atoms with Crippen molar-refractivity contribution in [1.29, 1.82) is 0 Å². The largest absolute Gasteiger partial charge is 0.341 e. The Balaban J connectivity index is 1.76. The molecule has 0 N–H and O–H groups in total. The number of hydrogen-bond acceptors (Lipinski definition) is 3. The minimum Gasteiger partial charge on any atom is -0.341 e. The number of nitrogens with zero attached hydrogens (tertiary/aromatic N) is 3. The molecule has 1 atom stereocenters. The molecule has 130 valence electrons. The van der Waals surface area contributed by atoms with E-state index in [9.17, 15) is 9.59 Å². The van der Waals surface area contributed by atoms with Crippen molar-refractivity contribution >= 4 is 11.8 Å². The summed E-state index contributed by atoms with van der Waals surface area (Å²) in [4.78, 5) is 32.4. The first kappa shape index (κ1) is 17.1. The van der Waals surface area contributed by atoms with Crippen LogP contribution in [-0.4, -0.2) is 40.2 Å². The summed E-state index contributed by atoms with van der Waals surface area (Å²) >= 11 is 0. The Morgan fingerprint density at radius 3 is 2.76 bits per heavy atom. The predicted octanol–water partition coefficient (Wildman–Crippen LogP) is 2.58. The molecule has 2 amide bonds. The van der Waals surface area contributed by atoms with E-state index in [1.54, 1.807) is 31.3 Å². The van der Waals surface area contributed by atoms with Gasteiger partial charge in [-0.3, -0.25) is 14.6 Å². The molecular weight excluding hydrogens is 314 g/mol. The summed E-state index contributed by atoms with van der Waals surface area (Å²) in [7, 11) is 1.79. The van der Waals surface area contributed by atoms with Gasteiger partial charge in [0.1, 0.15) is 0 Å². The highest BCUT2D eigenvalue weighted by Crippen LogP contribution is 2.32. The number of pyridine rings is 1. The Morgan fingerprint density at radius 2 is 2.04 bits per heavy atom. The van der Waals surface area contributed by atoms with E-state index < -0.39 is 0 Å². The molecule has 25 heavy (non-hydrogen) atoms. The maximum Gasteiger partial charge on any atom is 0.225 e. The number of aromatic nitrogens is 1. The molecule has 5 nitrogen and oxygen atoms in total. The molecule has 3 rings (SSSR count). The number of benzene rings is 1. The van der Waals surface area contributed by atoms with Gasteiger partial charge in [0, 0.05) is 39.5 Å². The molecule has 0 aliphatic carbocycles. The van der Waals surface area contributed by atoms with Crippen molar-refractivity contribution in [3.63, 3.8) is 0 Å². The topological polar surface area (TPSA) is 53.5 Å². The fraction of sp³-hybridized carbons (Fsp3) is 0.350. The quantitative estimate of drug-likeness (QED) is 0.862. The van der Waals surface area contributed by atoms with Crippen molar-refractivity contribution in [3.8, 4) is 0 Å². The van der Waals surface area contributed by atoms with E-state index in [1.807, 2.05) is 35.2 Å². The maximum atomic E-state index is 12.8. The van der Waals surface area contributed by atoms with E-state index in [1.165, 1.54) is 5.56 Å². The molecule has 1 aliphatic heterocycles. The molecule has 2 aromatic rings. The molecule has 0 bridgehead atoms. The lowest BCUT2D eigenvalue weighted by atomic mass is 9.90. The Morgan fingerprint density at radius 1 is 1.24 bits per heavy atom. The van der Waals surface area contributed by atoms with Gasteiger partial charge >= 0.3 is 0 Å². The molecule has 0 unspecified atom stereocenters. The van der Waals surface area contributed by atoms with Gasteiger partial charge in [0.2, 0.25) is 11.8 Å². The first-order valence-electron chi connectivity index (χ1n) is 8.54. The average Bonchev–Trinajstić information content (AvgIpc) is 2.62. The minimum atomic E-state index is -0.189. The highest BCUT2D eigenvalue weighted by atomic mass is 16.2. The first-order valence-corrected chi connectivity index (χ1v) is 8.54. The lowest BCUT2D eigenvalue weighted by Gasteiger charge is -2.37. The Labute approximate surface area is 148 Å². The summed E-state index contributed by atoms with van der Waals surface area (Å²) < 4.78 is 0. The maximum absolute atomic E-state index is 12.8. The van der Waals surface area contributed by atoms with E-state index in [2.05, 4.69) is 11.1 Å². The van der Waals surface area contributed by atoms with Crippen LogP contribution in [0.1, 0.15) is 36.1 Å². The van der Waals surface area contributed by atoms with Crippen LogP contribution in [0, 0.1) is 0 Å². The van der Waals surface area contributed by atoms with Crippen LogP contribution >= 0.6 is 0 Å². The molecule has 2 heterocycles. The summed E-state index contributed by atoms with van der Waals surface area (Å²) in [6, 6.07) is 11.7. The molecular formula is C20H23N3O2. The van der Waals surface area contributed by atoms with Crippen molar-refractivity contribution < 1.29 is 9.59 Å². The van der Waals surface area contributed by atoms with E-state index in [-0.39, 0.29) is 17.9 Å². The zero-order chi connectivity index (χ0) is 17.8. The van der Waals surface area contributed by atoms with Gasteiger partial charge in [-0.25, -0.2) is 0 Å².